The number of carbonyl (C=O) groups is 9. The monoisotopic (exact) mass is 914 g/mol. The van der Waals surface area contributed by atoms with Gasteiger partial charge in [0, 0.05) is 36.4 Å². The predicted molar refractivity (Wildman–Crippen MR) is 241 cm³/mol. The van der Waals surface area contributed by atoms with Crippen molar-refractivity contribution in [2.24, 2.45) is 17.8 Å². The number of hydrogen-bond donors (Lipinski definition) is 1. The minimum atomic E-state index is -0.777. The lowest BCUT2D eigenvalue weighted by atomic mass is 10.1. The Labute approximate surface area is 383 Å². The van der Waals surface area contributed by atoms with E-state index in [9.17, 15) is 43.2 Å². The Morgan fingerprint density at radius 3 is 1.23 bits per heavy atom. The van der Waals surface area contributed by atoms with Gasteiger partial charge in [-0.15, -0.1) is 0 Å². The van der Waals surface area contributed by atoms with Gasteiger partial charge in [-0.05, 0) is 105 Å². The highest BCUT2D eigenvalue weighted by Gasteiger charge is 2.38. The molecule has 3 atom stereocenters. The van der Waals surface area contributed by atoms with Crippen molar-refractivity contribution in [3.8, 4) is 0 Å². The van der Waals surface area contributed by atoms with Gasteiger partial charge in [0.1, 0.15) is 37.6 Å². The molecule has 0 aromatic carbocycles. The van der Waals surface area contributed by atoms with Gasteiger partial charge in [-0.1, -0.05) is 45.4 Å². The highest BCUT2D eigenvalue weighted by Crippen LogP contribution is 2.21. The normalized spacial score (nSPS) is 18.2. The summed E-state index contributed by atoms with van der Waals surface area (Å²) in [5.74, 6) is -5.38. The molecule has 3 aliphatic rings. The SMILES string of the molecule is C.C=CN1CCC(C(=O)NCCOC(=O)/C(C)=C\C)C1=O.C=CN1CCC(C(=O)OCCCCCCOC(=O)/C(C)=C\C)C1=O.C=CN1CCC(C(=O)OCCOC(=O)/C(C)=C\C)C1=O. The van der Waals surface area contributed by atoms with E-state index in [0.717, 1.165) is 25.7 Å². The summed E-state index contributed by atoms with van der Waals surface area (Å²) < 4.78 is 25.0. The van der Waals surface area contributed by atoms with Gasteiger partial charge in [0.25, 0.3) is 0 Å². The Kier molecular flexibility index (Phi) is 29.2. The number of hydrogen-bond acceptors (Lipinski definition) is 14. The topological polar surface area (TPSA) is 222 Å². The first kappa shape index (κ1) is 58.7. The highest BCUT2D eigenvalue weighted by molar-refractivity contribution is 6.02. The molecule has 3 rings (SSSR count). The first-order valence-electron chi connectivity index (χ1n) is 21.3. The molecule has 0 aromatic heterocycles. The molecule has 0 saturated carbocycles. The van der Waals surface area contributed by atoms with E-state index in [1.807, 2.05) is 0 Å². The molecule has 362 valence electrons. The van der Waals surface area contributed by atoms with Crippen LogP contribution in [0.25, 0.3) is 0 Å². The molecule has 0 spiro atoms. The molecule has 3 unspecified atom stereocenters. The van der Waals surface area contributed by atoms with E-state index in [-0.39, 0.29) is 63.4 Å². The first-order chi connectivity index (χ1) is 30.5. The van der Waals surface area contributed by atoms with Crippen molar-refractivity contribution in [3.05, 3.63) is 73.3 Å². The van der Waals surface area contributed by atoms with Crippen LogP contribution in [0.4, 0.5) is 0 Å². The summed E-state index contributed by atoms with van der Waals surface area (Å²) in [7, 11) is 0. The number of unbranched alkanes of at least 4 members (excludes halogenated alkanes) is 3. The maximum atomic E-state index is 11.9. The van der Waals surface area contributed by atoms with Crippen molar-refractivity contribution >= 4 is 53.5 Å². The molecule has 0 bridgehead atoms. The second-order valence-corrected chi connectivity index (χ2v) is 14.5. The molecule has 3 fully saturated rings. The number of esters is 5. The molecule has 0 aromatic rings. The van der Waals surface area contributed by atoms with E-state index in [4.69, 9.17) is 23.7 Å². The van der Waals surface area contributed by atoms with Crippen LogP contribution in [0.2, 0.25) is 0 Å². The fourth-order valence-electron chi connectivity index (χ4n) is 5.84. The van der Waals surface area contributed by atoms with E-state index >= 15 is 0 Å². The summed E-state index contributed by atoms with van der Waals surface area (Å²) in [5.41, 5.74) is 1.62. The third-order valence-electron chi connectivity index (χ3n) is 10.2. The largest absolute Gasteiger partial charge is 0.465 e. The second-order valence-electron chi connectivity index (χ2n) is 14.5. The van der Waals surface area contributed by atoms with E-state index in [0.29, 0.717) is 68.8 Å². The summed E-state index contributed by atoms with van der Waals surface area (Å²) in [6.45, 7) is 23.3. The molecule has 1 N–H and O–H groups in total. The van der Waals surface area contributed by atoms with E-state index in [1.165, 1.54) is 33.3 Å². The fourth-order valence-corrected chi connectivity index (χ4v) is 5.84. The fraction of sp³-hybridized carbons (Fsp3) is 0.553. The lowest BCUT2D eigenvalue weighted by Crippen LogP contribution is -2.37. The molecular formula is C47H70N4O14. The van der Waals surface area contributed by atoms with E-state index in [1.54, 1.807) is 59.8 Å². The number of nitrogens with zero attached hydrogens (tertiary/aromatic N) is 3. The number of carbonyl (C=O) groups excluding carboxylic acids is 9. The van der Waals surface area contributed by atoms with Crippen molar-refractivity contribution in [1.82, 2.24) is 20.0 Å². The summed E-state index contributed by atoms with van der Waals surface area (Å²) >= 11 is 0. The van der Waals surface area contributed by atoms with Crippen LogP contribution in [0.5, 0.6) is 0 Å². The first-order valence-corrected chi connectivity index (χ1v) is 21.3. The van der Waals surface area contributed by atoms with Crippen molar-refractivity contribution in [1.29, 1.82) is 0 Å². The molecule has 3 saturated heterocycles. The average molecular weight is 915 g/mol. The van der Waals surface area contributed by atoms with Gasteiger partial charge in [-0.3, -0.25) is 28.8 Å². The summed E-state index contributed by atoms with van der Waals surface area (Å²) in [6.07, 6.45) is 14.0. The van der Waals surface area contributed by atoms with Crippen LogP contribution in [0.3, 0.4) is 0 Å². The molecular weight excluding hydrogens is 845 g/mol. The molecule has 18 heteroatoms. The molecule has 0 radical (unpaired) electrons. The molecule has 18 nitrogen and oxygen atoms in total. The molecule has 3 aliphatic heterocycles. The Hall–Kier alpha value is -6.33. The smallest absolute Gasteiger partial charge is 0.333 e. The third-order valence-corrected chi connectivity index (χ3v) is 10.2. The van der Waals surface area contributed by atoms with Gasteiger partial charge < -0.3 is 43.7 Å². The van der Waals surface area contributed by atoms with Gasteiger partial charge in [0.2, 0.25) is 23.6 Å². The van der Waals surface area contributed by atoms with Crippen LogP contribution in [0.15, 0.2) is 73.3 Å². The highest BCUT2D eigenvalue weighted by atomic mass is 16.6. The van der Waals surface area contributed by atoms with Crippen molar-refractivity contribution in [2.75, 3.05) is 59.2 Å². The molecule has 4 amide bonds. The van der Waals surface area contributed by atoms with Crippen molar-refractivity contribution < 1.29 is 66.8 Å². The maximum Gasteiger partial charge on any atom is 0.333 e. The van der Waals surface area contributed by atoms with Gasteiger partial charge in [-0.25, -0.2) is 14.4 Å². The van der Waals surface area contributed by atoms with Crippen molar-refractivity contribution in [3.63, 3.8) is 0 Å². The molecule has 65 heavy (non-hydrogen) atoms. The zero-order valence-electron chi connectivity index (χ0n) is 38.2. The van der Waals surface area contributed by atoms with E-state index < -0.39 is 41.6 Å². The minimum Gasteiger partial charge on any atom is -0.465 e. The lowest BCUT2D eigenvalue weighted by Gasteiger charge is -2.11. The Morgan fingerprint density at radius 2 is 0.846 bits per heavy atom. The Morgan fingerprint density at radius 1 is 0.523 bits per heavy atom. The quantitative estimate of drug-likeness (QED) is 0.0504. The van der Waals surface area contributed by atoms with Crippen LogP contribution in [0.1, 0.15) is 93.9 Å². The standard InChI is InChI=1S/C18H27NO5.C14H20N2O4.C14H19NO5.CH4/c1-4-14(3)17(21)23-12-8-6-7-9-13-24-18(22)15-10-11-19(5-2)16(15)20;1-4-10(3)14(19)20-9-7-15-12(17)11-6-8-16(5-2)13(11)18;1-4-10(3)13(17)19-8-9-20-14(18)11-6-7-15(5-2)12(11)16;/h4-5,15H,2,6-13H2,1,3H3;4-5,11H,2,6-9H2,1,3H3,(H,15,17);4-5,11H,2,6-9H2,1,3H3;1H4/b14-4-;2*10-4-;. The predicted octanol–water partition coefficient (Wildman–Crippen LogP) is 4.86. The molecule has 3 heterocycles. The van der Waals surface area contributed by atoms with Crippen LogP contribution in [-0.4, -0.2) is 127 Å². The lowest BCUT2D eigenvalue weighted by molar-refractivity contribution is -0.156. The summed E-state index contributed by atoms with van der Waals surface area (Å²) in [6, 6.07) is 0. The van der Waals surface area contributed by atoms with Gasteiger partial charge in [0.15, 0.2) is 0 Å². The number of likely N-dealkylation sites (tertiary alicyclic amines) is 3. The summed E-state index contributed by atoms with van der Waals surface area (Å²) in [4.78, 5) is 109. The number of nitrogens with one attached hydrogen (secondary N) is 1. The third kappa shape index (κ3) is 20.4. The number of allylic oxidation sites excluding steroid dienone is 3. The van der Waals surface area contributed by atoms with Crippen LogP contribution < -0.4 is 5.32 Å². The van der Waals surface area contributed by atoms with Gasteiger partial charge >= 0.3 is 29.8 Å². The second kappa shape index (κ2) is 32.3. The Bertz CT molecular complexity index is 1700. The average Bonchev–Trinajstić information content (AvgIpc) is 4.00. The molecule has 0 aliphatic carbocycles. The summed E-state index contributed by atoms with van der Waals surface area (Å²) in [5, 5.41) is 2.59. The minimum absolute atomic E-state index is 0. The Balaban J connectivity index is 0.000000944. The number of amides is 4. The zero-order chi connectivity index (χ0) is 48.2. The van der Waals surface area contributed by atoms with Crippen LogP contribution >= 0.6 is 0 Å². The van der Waals surface area contributed by atoms with Gasteiger partial charge in [-0.2, -0.15) is 0 Å². The number of rotatable bonds is 22. The van der Waals surface area contributed by atoms with E-state index in [2.05, 4.69) is 25.1 Å². The maximum absolute atomic E-state index is 11.9. The van der Waals surface area contributed by atoms with Crippen molar-refractivity contribution in [2.45, 2.75) is 93.9 Å². The van der Waals surface area contributed by atoms with Gasteiger partial charge in [0.05, 0.1) is 19.8 Å². The van der Waals surface area contributed by atoms with Crippen LogP contribution in [-0.2, 0) is 66.8 Å². The number of ether oxygens (including phenoxy) is 5. The zero-order valence-corrected chi connectivity index (χ0v) is 38.2. The van der Waals surface area contributed by atoms with Crippen LogP contribution in [0, 0.1) is 17.8 Å².